The van der Waals surface area contributed by atoms with Gasteiger partial charge < -0.3 is 9.52 Å². The van der Waals surface area contributed by atoms with Crippen LogP contribution in [0.3, 0.4) is 0 Å². The van der Waals surface area contributed by atoms with Crippen molar-refractivity contribution in [2.45, 2.75) is 38.8 Å². The molecule has 2 aromatic rings. The highest BCUT2D eigenvalue weighted by Crippen LogP contribution is 2.37. The molecule has 0 spiro atoms. The Balaban J connectivity index is 1.52. The monoisotopic (exact) mass is 392 g/mol. The molecule has 4 rings (SSSR count). The number of fused-ring (bicyclic) bond motifs is 2. The highest BCUT2D eigenvalue weighted by molar-refractivity contribution is 7.88. The standard InChI is InChI=1S/C20H28N2O4S/c1-14-4-5-18-17(10-14)15(2)19(26-18)13-21-8-6-20(23)7-9-22(27(3,24)25)12-16(20)11-21/h4-5,10,16,23H,6-9,11-13H2,1-3H3/t16-,20-/m1/s1. The summed E-state index contributed by atoms with van der Waals surface area (Å²) in [6, 6.07) is 6.22. The number of aliphatic hydroxyl groups is 1. The Bertz CT molecular complexity index is 968. The predicted molar refractivity (Wildman–Crippen MR) is 105 cm³/mol. The lowest BCUT2D eigenvalue weighted by Crippen LogP contribution is -2.60. The summed E-state index contributed by atoms with van der Waals surface area (Å²) in [5.41, 5.74) is 2.53. The molecule has 27 heavy (non-hydrogen) atoms. The van der Waals surface area contributed by atoms with E-state index in [2.05, 4.69) is 30.9 Å². The molecule has 1 aromatic carbocycles. The van der Waals surface area contributed by atoms with Gasteiger partial charge in [-0.05, 0) is 44.4 Å². The second kappa shape index (κ2) is 6.58. The van der Waals surface area contributed by atoms with Crippen molar-refractivity contribution < 1.29 is 17.9 Å². The van der Waals surface area contributed by atoms with E-state index >= 15 is 0 Å². The Morgan fingerprint density at radius 2 is 1.96 bits per heavy atom. The van der Waals surface area contributed by atoms with Crippen LogP contribution in [0.2, 0.25) is 0 Å². The number of piperidine rings is 2. The topological polar surface area (TPSA) is 74.0 Å². The van der Waals surface area contributed by atoms with Gasteiger partial charge in [-0.1, -0.05) is 11.6 Å². The second-order valence-electron chi connectivity index (χ2n) is 8.31. The van der Waals surface area contributed by atoms with E-state index in [9.17, 15) is 13.5 Å². The molecule has 2 fully saturated rings. The molecule has 0 bridgehead atoms. The van der Waals surface area contributed by atoms with Crippen molar-refractivity contribution in [1.29, 1.82) is 0 Å². The quantitative estimate of drug-likeness (QED) is 0.867. The van der Waals surface area contributed by atoms with E-state index in [4.69, 9.17) is 4.42 Å². The summed E-state index contributed by atoms with van der Waals surface area (Å²) in [5.74, 6) is 0.887. The molecule has 0 radical (unpaired) electrons. The van der Waals surface area contributed by atoms with E-state index in [0.717, 1.165) is 28.8 Å². The van der Waals surface area contributed by atoms with Crippen molar-refractivity contribution in [1.82, 2.24) is 9.21 Å². The number of furan rings is 1. The Morgan fingerprint density at radius 1 is 1.22 bits per heavy atom. The summed E-state index contributed by atoms with van der Waals surface area (Å²) in [6.07, 6.45) is 2.44. The van der Waals surface area contributed by atoms with Gasteiger partial charge in [0, 0.05) is 37.5 Å². The maximum atomic E-state index is 11.9. The number of aryl methyl sites for hydroxylation is 2. The lowest BCUT2D eigenvalue weighted by Gasteiger charge is -2.49. The van der Waals surface area contributed by atoms with Crippen molar-refractivity contribution in [2.24, 2.45) is 5.92 Å². The average molecular weight is 393 g/mol. The molecule has 2 aliphatic rings. The van der Waals surface area contributed by atoms with Crippen LogP contribution in [0.25, 0.3) is 11.0 Å². The van der Waals surface area contributed by atoms with Gasteiger partial charge in [-0.2, -0.15) is 0 Å². The highest BCUT2D eigenvalue weighted by atomic mass is 32.2. The minimum absolute atomic E-state index is 0.0679. The van der Waals surface area contributed by atoms with Crippen LogP contribution in [0.4, 0.5) is 0 Å². The Labute approximate surface area is 160 Å². The lowest BCUT2D eigenvalue weighted by atomic mass is 9.76. The van der Waals surface area contributed by atoms with Crippen LogP contribution in [0, 0.1) is 19.8 Å². The summed E-state index contributed by atoms with van der Waals surface area (Å²) in [4.78, 5) is 2.28. The minimum Gasteiger partial charge on any atom is -0.459 e. The molecule has 1 aromatic heterocycles. The van der Waals surface area contributed by atoms with Crippen LogP contribution < -0.4 is 0 Å². The van der Waals surface area contributed by atoms with Gasteiger partial charge in [-0.25, -0.2) is 12.7 Å². The molecular formula is C20H28N2O4S. The number of hydrogen-bond acceptors (Lipinski definition) is 5. The number of hydrogen-bond donors (Lipinski definition) is 1. The largest absolute Gasteiger partial charge is 0.459 e. The van der Waals surface area contributed by atoms with Crippen LogP contribution in [0.15, 0.2) is 22.6 Å². The van der Waals surface area contributed by atoms with Crippen LogP contribution >= 0.6 is 0 Å². The summed E-state index contributed by atoms with van der Waals surface area (Å²) in [6.45, 7) is 7.13. The molecule has 1 N–H and O–H groups in total. The van der Waals surface area contributed by atoms with Crippen LogP contribution in [-0.2, 0) is 16.6 Å². The van der Waals surface area contributed by atoms with Crippen LogP contribution in [0.5, 0.6) is 0 Å². The first-order valence-corrected chi connectivity index (χ1v) is 11.4. The Hall–Kier alpha value is -1.41. The number of nitrogens with zero attached hydrogens (tertiary/aromatic N) is 2. The number of likely N-dealkylation sites (tertiary alicyclic amines) is 1. The molecular weight excluding hydrogens is 364 g/mol. The van der Waals surface area contributed by atoms with Crippen LogP contribution in [0.1, 0.15) is 29.7 Å². The van der Waals surface area contributed by atoms with Gasteiger partial charge >= 0.3 is 0 Å². The summed E-state index contributed by atoms with van der Waals surface area (Å²) in [5, 5.41) is 12.1. The summed E-state index contributed by atoms with van der Waals surface area (Å²) in [7, 11) is -3.22. The van der Waals surface area contributed by atoms with Crippen LogP contribution in [-0.4, -0.2) is 60.8 Å². The molecule has 2 saturated heterocycles. The van der Waals surface area contributed by atoms with Gasteiger partial charge in [0.2, 0.25) is 10.0 Å². The zero-order valence-electron chi connectivity index (χ0n) is 16.2. The molecule has 0 amide bonds. The predicted octanol–water partition coefficient (Wildman–Crippen LogP) is 2.27. The van der Waals surface area contributed by atoms with Crippen molar-refractivity contribution in [3.8, 4) is 0 Å². The Morgan fingerprint density at radius 3 is 2.70 bits per heavy atom. The van der Waals surface area contributed by atoms with E-state index in [-0.39, 0.29) is 5.92 Å². The molecule has 0 unspecified atom stereocenters. The maximum Gasteiger partial charge on any atom is 0.211 e. The average Bonchev–Trinajstić information content (AvgIpc) is 2.89. The molecule has 6 nitrogen and oxygen atoms in total. The summed E-state index contributed by atoms with van der Waals surface area (Å²) >= 11 is 0. The van der Waals surface area contributed by atoms with Gasteiger partial charge in [0.05, 0.1) is 18.4 Å². The fraction of sp³-hybridized carbons (Fsp3) is 0.600. The van der Waals surface area contributed by atoms with Gasteiger partial charge in [-0.15, -0.1) is 0 Å². The fourth-order valence-electron chi connectivity index (χ4n) is 4.53. The first-order chi connectivity index (χ1) is 12.7. The number of sulfonamides is 1. The third-order valence-corrected chi connectivity index (χ3v) is 7.61. The van der Waals surface area contributed by atoms with Crippen molar-refractivity contribution in [3.05, 3.63) is 35.1 Å². The Kier molecular flexibility index (Phi) is 4.62. The van der Waals surface area contributed by atoms with Gasteiger partial charge in [-0.3, -0.25) is 4.90 Å². The summed E-state index contributed by atoms with van der Waals surface area (Å²) < 4.78 is 31.4. The lowest BCUT2D eigenvalue weighted by molar-refractivity contribution is -0.103. The molecule has 0 saturated carbocycles. The van der Waals surface area contributed by atoms with E-state index in [1.54, 1.807) is 0 Å². The van der Waals surface area contributed by atoms with E-state index < -0.39 is 15.6 Å². The third-order valence-electron chi connectivity index (χ3n) is 6.34. The third kappa shape index (κ3) is 3.53. The molecule has 3 heterocycles. The maximum absolute atomic E-state index is 11.9. The first-order valence-electron chi connectivity index (χ1n) is 9.54. The smallest absolute Gasteiger partial charge is 0.211 e. The van der Waals surface area contributed by atoms with Crippen molar-refractivity contribution in [2.75, 3.05) is 32.4 Å². The first kappa shape index (κ1) is 18.9. The van der Waals surface area contributed by atoms with E-state index in [0.29, 0.717) is 39.0 Å². The molecule has 2 atom stereocenters. The zero-order valence-corrected chi connectivity index (χ0v) is 17.1. The number of benzene rings is 1. The molecule has 2 aliphatic heterocycles. The van der Waals surface area contributed by atoms with E-state index in [1.165, 1.54) is 16.1 Å². The second-order valence-corrected chi connectivity index (χ2v) is 10.3. The SMILES string of the molecule is Cc1ccc2oc(CN3CC[C@@]4(O)CCN(S(C)(=O)=O)C[C@H]4C3)c(C)c2c1. The van der Waals surface area contributed by atoms with Gasteiger partial charge in [0.1, 0.15) is 11.3 Å². The molecule has 0 aliphatic carbocycles. The van der Waals surface area contributed by atoms with Gasteiger partial charge in [0.15, 0.2) is 0 Å². The normalized spacial score (nSPS) is 27.8. The van der Waals surface area contributed by atoms with Crippen molar-refractivity contribution in [3.63, 3.8) is 0 Å². The highest BCUT2D eigenvalue weighted by Gasteiger charge is 2.46. The minimum atomic E-state index is -3.22. The molecule has 7 heteroatoms. The van der Waals surface area contributed by atoms with E-state index in [1.807, 2.05) is 6.07 Å². The van der Waals surface area contributed by atoms with Crippen molar-refractivity contribution >= 4 is 21.0 Å². The van der Waals surface area contributed by atoms with Gasteiger partial charge in [0.25, 0.3) is 0 Å². The molecule has 148 valence electrons. The zero-order chi connectivity index (χ0) is 19.4. The number of rotatable bonds is 3. The fourth-order valence-corrected chi connectivity index (χ4v) is 5.40.